The van der Waals surface area contributed by atoms with E-state index in [0.717, 1.165) is 99.5 Å². The van der Waals surface area contributed by atoms with Gasteiger partial charge in [0.05, 0.1) is 10.7 Å². The molecule has 1 aromatic carbocycles. The molecule has 4 aliphatic rings. The van der Waals surface area contributed by atoms with Crippen LogP contribution < -0.4 is 4.90 Å². The zero-order chi connectivity index (χ0) is 29.1. The SMILES string of the molecule is CCCCC1=C(C=O)CN(CCN2CCN(C(=O)CC3CCC3)CC2)c2c1ccc(Cl)c2C1=C(C)N(C)CC=C1C. The first-order valence-corrected chi connectivity index (χ1v) is 16.0. The molecular weight excluding hydrogens is 532 g/mol. The second kappa shape index (κ2) is 13.2. The van der Waals surface area contributed by atoms with Crippen LogP contribution in [0, 0.1) is 5.92 Å². The maximum Gasteiger partial charge on any atom is 0.222 e. The number of unbranched alkanes of at least 4 members (excludes halogenated alkanes) is 1. The molecule has 0 atom stereocenters. The smallest absolute Gasteiger partial charge is 0.222 e. The molecule has 1 amide bonds. The molecule has 41 heavy (non-hydrogen) atoms. The van der Waals surface area contributed by atoms with Crippen LogP contribution in [-0.2, 0) is 9.59 Å². The summed E-state index contributed by atoms with van der Waals surface area (Å²) in [6.07, 6.45) is 10.8. The number of hydrogen-bond acceptors (Lipinski definition) is 5. The molecule has 1 saturated heterocycles. The zero-order valence-corrected chi connectivity index (χ0v) is 26.2. The van der Waals surface area contributed by atoms with Crippen LogP contribution in [0.3, 0.4) is 0 Å². The third-order valence-corrected chi connectivity index (χ3v) is 10.1. The fourth-order valence-electron chi connectivity index (χ4n) is 6.80. The van der Waals surface area contributed by atoms with Gasteiger partial charge in [0, 0.05) is 93.8 Å². The minimum absolute atomic E-state index is 0.337. The largest absolute Gasteiger partial charge is 0.374 e. The van der Waals surface area contributed by atoms with Crippen molar-refractivity contribution < 1.29 is 9.59 Å². The standard InChI is InChI=1S/C34H47ClN4O2/c1-5-6-10-28-27(23-40)22-39(20-17-37-15-18-38(19-16-37)31(41)21-26-8-7-9-26)34-29(28)11-12-30(35)33(34)32-24(2)13-14-36(4)25(32)3/h11-13,23,26H,5-10,14-22H2,1-4H3. The van der Waals surface area contributed by atoms with Gasteiger partial charge < -0.3 is 14.7 Å². The van der Waals surface area contributed by atoms with Crippen molar-refractivity contribution in [2.24, 2.45) is 5.92 Å². The van der Waals surface area contributed by atoms with E-state index >= 15 is 0 Å². The minimum atomic E-state index is 0.337. The third-order valence-electron chi connectivity index (χ3n) is 9.79. The Hall–Kier alpha value is -2.57. The molecule has 1 saturated carbocycles. The summed E-state index contributed by atoms with van der Waals surface area (Å²) in [4.78, 5) is 34.4. The van der Waals surface area contributed by atoms with Gasteiger partial charge in [-0.2, -0.15) is 0 Å². The van der Waals surface area contributed by atoms with Crippen molar-refractivity contribution in [1.82, 2.24) is 14.7 Å². The van der Waals surface area contributed by atoms with Gasteiger partial charge in [0.1, 0.15) is 6.29 Å². The Morgan fingerprint density at radius 3 is 2.51 bits per heavy atom. The number of benzene rings is 1. The summed E-state index contributed by atoms with van der Waals surface area (Å²) >= 11 is 7.07. The fourth-order valence-corrected chi connectivity index (χ4v) is 7.05. The zero-order valence-electron chi connectivity index (χ0n) is 25.5. The monoisotopic (exact) mass is 578 g/mol. The average molecular weight is 579 g/mol. The maximum atomic E-state index is 12.8. The van der Waals surface area contributed by atoms with Crippen LogP contribution in [0.25, 0.3) is 11.1 Å². The molecule has 0 unspecified atom stereocenters. The molecule has 1 aliphatic carbocycles. The summed E-state index contributed by atoms with van der Waals surface area (Å²) in [7, 11) is 2.13. The lowest BCUT2D eigenvalue weighted by molar-refractivity contribution is -0.134. The van der Waals surface area contributed by atoms with Gasteiger partial charge in [-0.15, -0.1) is 0 Å². The van der Waals surface area contributed by atoms with Crippen molar-refractivity contribution >= 4 is 40.6 Å². The summed E-state index contributed by atoms with van der Waals surface area (Å²) in [6.45, 7) is 13.2. The Bertz CT molecular complexity index is 1250. The second-order valence-corrected chi connectivity index (χ2v) is 12.8. The maximum absolute atomic E-state index is 12.8. The Balaban J connectivity index is 1.41. The van der Waals surface area contributed by atoms with Gasteiger partial charge in [-0.05, 0) is 62.7 Å². The van der Waals surface area contributed by atoms with Crippen molar-refractivity contribution in [3.63, 3.8) is 0 Å². The Kier molecular flexibility index (Phi) is 9.60. The van der Waals surface area contributed by atoms with Gasteiger partial charge in [-0.25, -0.2) is 0 Å². The first-order valence-electron chi connectivity index (χ1n) is 15.7. The van der Waals surface area contributed by atoms with Gasteiger partial charge in [0.25, 0.3) is 0 Å². The van der Waals surface area contributed by atoms with Crippen molar-refractivity contribution in [3.05, 3.63) is 51.2 Å². The van der Waals surface area contributed by atoms with Crippen molar-refractivity contribution in [1.29, 1.82) is 0 Å². The highest BCUT2D eigenvalue weighted by Crippen LogP contribution is 2.47. The summed E-state index contributed by atoms with van der Waals surface area (Å²) in [5.41, 5.74) is 9.15. The molecule has 0 aromatic heterocycles. The van der Waals surface area contributed by atoms with Crippen molar-refractivity contribution in [2.75, 3.05) is 64.3 Å². The predicted molar refractivity (Wildman–Crippen MR) is 170 cm³/mol. The molecule has 0 N–H and O–H groups in total. The lowest BCUT2D eigenvalue weighted by Crippen LogP contribution is -2.51. The normalized spacial score (nSPS) is 20.3. The molecule has 1 aromatic rings. The molecule has 3 aliphatic heterocycles. The van der Waals surface area contributed by atoms with Gasteiger partial charge in [0.2, 0.25) is 5.91 Å². The summed E-state index contributed by atoms with van der Waals surface area (Å²) in [6, 6.07) is 4.16. The highest BCUT2D eigenvalue weighted by atomic mass is 35.5. The number of fused-ring (bicyclic) bond motifs is 1. The number of likely N-dealkylation sites (N-methyl/N-ethyl adjacent to an activating group) is 1. The minimum Gasteiger partial charge on any atom is -0.374 e. The highest BCUT2D eigenvalue weighted by Gasteiger charge is 2.32. The van der Waals surface area contributed by atoms with Crippen LogP contribution in [0.5, 0.6) is 0 Å². The van der Waals surface area contributed by atoms with Gasteiger partial charge in [-0.3, -0.25) is 14.5 Å². The Labute approximate surface area is 251 Å². The fraction of sp³-hybridized carbons (Fsp3) is 0.588. The number of amides is 1. The lowest BCUT2D eigenvalue weighted by atomic mass is 9.82. The Morgan fingerprint density at radius 1 is 1.10 bits per heavy atom. The summed E-state index contributed by atoms with van der Waals surface area (Å²) in [5.74, 6) is 0.952. The van der Waals surface area contributed by atoms with Crippen LogP contribution in [0.1, 0.15) is 76.8 Å². The van der Waals surface area contributed by atoms with Crippen molar-refractivity contribution in [2.45, 2.75) is 65.7 Å². The van der Waals surface area contributed by atoms with Crippen LogP contribution >= 0.6 is 11.6 Å². The third kappa shape index (κ3) is 6.29. The number of hydrogen-bond donors (Lipinski definition) is 0. The lowest BCUT2D eigenvalue weighted by Gasteiger charge is -2.40. The Morgan fingerprint density at radius 2 is 1.85 bits per heavy atom. The number of carbonyl (C=O) groups is 2. The second-order valence-electron chi connectivity index (χ2n) is 12.4. The van der Waals surface area contributed by atoms with Gasteiger partial charge in [0.15, 0.2) is 0 Å². The summed E-state index contributed by atoms with van der Waals surface area (Å²) < 4.78 is 0. The predicted octanol–water partition coefficient (Wildman–Crippen LogP) is 6.26. The average Bonchev–Trinajstić information content (AvgIpc) is 2.95. The van der Waals surface area contributed by atoms with Crippen LogP contribution in [0.15, 0.2) is 35.1 Å². The van der Waals surface area contributed by atoms with Gasteiger partial charge in [-0.1, -0.05) is 43.5 Å². The van der Waals surface area contributed by atoms with Crippen LogP contribution in [0.2, 0.25) is 5.02 Å². The molecule has 3 heterocycles. The van der Waals surface area contributed by atoms with E-state index in [2.05, 4.69) is 59.6 Å². The number of piperazine rings is 1. The molecule has 5 rings (SSSR count). The highest BCUT2D eigenvalue weighted by molar-refractivity contribution is 6.33. The van der Waals surface area contributed by atoms with E-state index in [4.69, 9.17) is 11.6 Å². The quantitative estimate of drug-likeness (QED) is 0.307. The van der Waals surface area contributed by atoms with E-state index in [9.17, 15) is 9.59 Å². The number of rotatable bonds is 10. The van der Waals surface area contributed by atoms with E-state index in [-0.39, 0.29) is 0 Å². The molecule has 0 spiro atoms. The van der Waals surface area contributed by atoms with E-state index in [0.29, 0.717) is 18.4 Å². The number of nitrogens with zero attached hydrogens (tertiary/aromatic N) is 4. The van der Waals surface area contributed by atoms with E-state index in [1.165, 1.54) is 47.4 Å². The number of carbonyl (C=O) groups excluding carboxylic acids is 2. The van der Waals surface area contributed by atoms with E-state index in [1.807, 2.05) is 6.07 Å². The summed E-state index contributed by atoms with van der Waals surface area (Å²) in [5, 5.41) is 0.758. The van der Waals surface area contributed by atoms with E-state index < -0.39 is 0 Å². The van der Waals surface area contributed by atoms with Crippen molar-refractivity contribution in [3.8, 4) is 0 Å². The number of halogens is 1. The van der Waals surface area contributed by atoms with Crippen LogP contribution in [-0.4, -0.2) is 86.3 Å². The van der Waals surface area contributed by atoms with Crippen LogP contribution in [0.4, 0.5) is 5.69 Å². The first-order chi connectivity index (χ1) is 19.8. The molecule has 222 valence electrons. The number of aldehydes is 1. The topological polar surface area (TPSA) is 47.1 Å². The molecule has 6 nitrogen and oxygen atoms in total. The molecule has 7 heteroatoms. The molecular formula is C34H47ClN4O2. The first kappa shape index (κ1) is 29.9. The number of allylic oxidation sites excluding steroid dienone is 4. The van der Waals surface area contributed by atoms with Gasteiger partial charge >= 0.3 is 0 Å². The molecule has 2 fully saturated rings. The molecule has 0 radical (unpaired) electrons. The number of anilines is 1. The molecule has 0 bridgehead atoms. The van der Waals surface area contributed by atoms with E-state index in [1.54, 1.807) is 0 Å².